The molecule has 0 fully saturated rings. The van der Waals surface area contributed by atoms with Crippen molar-refractivity contribution in [2.24, 2.45) is 5.92 Å². The highest BCUT2D eigenvalue weighted by Gasteiger charge is 2.21. The number of benzene rings is 6. The molecule has 1 unspecified atom stereocenters. The minimum Gasteiger partial charge on any atom is -0.309 e. The normalized spacial score (nSPS) is 14.9. The molecule has 10 rings (SSSR count). The van der Waals surface area contributed by atoms with Crippen LogP contribution in [0, 0.1) is 5.92 Å². The molecule has 0 saturated carbocycles. The largest absolute Gasteiger partial charge is 0.309 e. The first kappa shape index (κ1) is 33.5. The van der Waals surface area contributed by atoms with Gasteiger partial charge in [0.15, 0.2) is 0 Å². The van der Waals surface area contributed by atoms with Crippen LogP contribution >= 0.6 is 0 Å². The molecule has 0 amide bonds. The van der Waals surface area contributed by atoms with Gasteiger partial charge in [-0.2, -0.15) is 0 Å². The number of allylic oxidation sites excluding steroid dienone is 6. The summed E-state index contributed by atoms with van der Waals surface area (Å²) in [5.41, 5.74) is 10.8. The summed E-state index contributed by atoms with van der Waals surface area (Å²) < 4.78 is 4.61. The molecule has 3 aromatic heterocycles. The van der Waals surface area contributed by atoms with E-state index in [4.69, 9.17) is 16.5 Å². The number of rotatable bonds is 6. The predicted octanol–water partition coefficient (Wildman–Crippen LogP) is 11.8. The maximum Gasteiger partial charge on any atom is 0.235 e. The van der Waals surface area contributed by atoms with Crippen LogP contribution in [0.25, 0.3) is 95.7 Å². The van der Waals surface area contributed by atoms with Crippen LogP contribution in [-0.2, 0) is 0 Å². The molecule has 4 nitrogen and oxygen atoms in total. The first-order valence-corrected chi connectivity index (χ1v) is 19.4. The second-order valence-electron chi connectivity index (χ2n) is 14.7. The number of hydrogen-bond acceptors (Lipinski definition) is 2. The SMILES string of the molecule is C=c1/c(=C\C=C/C)n(-c2nc(C3=CCC(C)C=C3)cc(-c3ccccc3)n2)c2c1c(-c1ccc3c(c1)c1ccccc1n3-c1ccccc1)cc1ccccc12. The van der Waals surface area contributed by atoms with Gasteiger partial charge in [-0.3, -0.25) is 4.57 Å². The molecule has 3 heterocycles. The van der Waals surface area contributed by atoms with Crippen LogP contribution in [0.5, 0.6) is 0 Å². The molecule has 9 aromatic rings. The third kappa shape index (κ3) is 5.53. The van der Waals surface area contributed by atoms with Gasteiger partial charge in [0.1, 0.15) is 0 Å². The lowest BCUT2D eigenvalue weighted by Gasteiger charge is -2.15. The molecule has 0 saturated heterocycles. The van der Waals surface area contributed by atoms with Gasteiger partial charge in [-0.1, -0.05) is 141 Å². The maximum absolute atomic E-state index is 5.38. The van der Waals surface area contributed by atoms with Crippen molar-refractivity contribution in [2.45, 2.75) is 20.3 Å². The molecule has 1 aliphatic carbocycles. The van der Waals surface area contributed by atoms with Gasteiger partial charge in [-0.25, -0.2) is 9.97 Å². The third-order valence-electron chi connectivity index (χ3n) is 11.1. The standard InChI is InChI=1S/C52H40N4/c1-4-5-23-47-35(3)50-43(39-29-30-49-44(32-39)42-22-14-15-24-48(42)55(49)40-19-10-7-11-20-40)31-38-18-12-13-21-41(38)51(50)56(47)52-53-45(36-16-8-6-9-17-36)33-46(54-52)37-27-25-34(2)26-28-37/h4-25,27-34H,3,26H2,1-2H3/b5-4-,47-23+. The number of fused-ring (bicyclic) bond motifs is 6. The number of para-hydroxylation sites is 2. The van der Waals surface area contributed by atoms with Crippen LogP contribution in [0.4, 0.5) is 0 Å². The van der Waals surface area contributed by atoms with Gasteiger partial charge in [0.2, 0.25) is 5.95 Å². The van der Waals surface area contributed by atoms with E-state index in [1.54, 1.807) is 0 Å². The highest BCUT2D eigenvalue weighted by atomic mass is 15.2. The Labute approximate surface area is 326 Å². The smallest absolute Gasteiger partial charge is 0.235 e. The summed E-state index contributed by atoms with van der Waals surface area (Å²) in [7, 11) is 0. The van der Waals surface area contributed by atoms with Gasteiger partial charge in [0.05, 0.1) is 33.3 Å². The van der Waals surface area contributed by atoms with E-state index in [0.29, 0.717) is 11.9 Å². The average Bonchev–Trinajstić information content (AvgIpc) is 3.74. The van der Waals surface area contributed by atoms with Crippen LogP contribution in [-0.4, -0.2) is 19.1 Å². The molecule has 0 bridgehead atoms. The van der Waals surface area contributed by atoms with Gasteiger partial charge in [-0.05, 0) is 89.9 Å². The molecule has 0 aliphatic heterocycles. The number of nitrogens with zero attached hydrogens (tertiary/aromatic N) is 4. The maximum atomic E-state index is 5.38. The van der Waals surface area contributed by atoms with Crippen LogP contribution in [0.1, 0.15) is 26.0 Å². The molecule has 268 valence electrons. The molecule has 0 N–H and O–H groups in total. The van der Waals surface area contributed by atoms with Gasteiger partial charge in [-0.15, -0.1) is 0 Å². The topological polar surface area (TPSA) is 35.6 Å². The van der Waals surface area contributed by atoms with E-state index in [-0.39, 0.29) is 0 Å². The summed E-state index contributed by atoms with van der Waals surface area (Å²) in [6, 6.07) is 49.8. The molecular formula is C52H40N4. The van der Waals surface area contributed by atoms with Crippen molar-refractivity contribution in [3.63, 3.8) is 0 Å². The van der Waals surface area contributed by atoms with E-state index in [9.17, 15) is 0 Å². The average molecular weight is 721 g/mol. The summed E-state index contributed by atoms with van der Waals surface area (Å²) in [6.07, 6.45) is 14.1. The van der Waals surface area contributed by atoms with Crippen molar-refractivity contribution in [3.05, 3.63) is 186 Å². The molecule has 56 heavy (non-hydrogen) atoms. The number of hydrogen-bond donors (Lipinski definition) is 0. The Kier molecular flexibility index (Phi) is 8.18. The van der Waals surface area contributed by atoms with Crippen molar-refractivity contribution < 1.29 is 0 Å². The van der Waals surface area contributed by atoms with E-state index in [0.717, 1.165) is 78.0 Å². The molecule has 1 atom stereocenters. The monoisotopic (exact) mass is 720 g/mol. The van der Waals surface area contributed by atoms with Gasteiger partial charge < -0.3 is 4.57 Å². The second kappa shape index (κ2) is 13.7. The van der Waals surface area contributed by atoms with Crippen LogP contribution in [0.15, 0.2) is 170 Å². The van der Waals surface area contributed by atoms with Crippen molar-refractivity contribution >= 4 is 61.7 Å². The second-order valence-corrected chi connectivity index (χ2v) is 14.7. The Balaban J connectivity index is 1.30. The fraction of sp³-hybridized carbons (Fsp3) is 0.0769. The zero-order valence-corrected chi connectivity index (χ0v) is 31.5. The summed E-state index contributed by atoms with van der Waals surface area (Å²) >= 11 is 0. The lowest BCUT2D eigenvalue weighted by Crippen LogP contribution is -2.28. The van der Waals surface area contributed by atoms with Gasteiger partial charge in [0, 0.05) is 38.0 Å². The van der Waals surface area contributed by atoms with E-state index < -0.39 is 0 Å². The predicted molar refractivity (Wildman–Crippen MR) is 237 cm³/mol. The molecule has 4 heteroatoms. The summed E-state index contributed by atoms with van der Waals surface area (Å²) in [6.45, 7) is 9.12. The highest BCUT2D eigenvalue weighted by molar-refractivity contribution is 6.15. The Morgan fingerprint density at radius 2 is 1.39 bits per heavy atom. The molecule has 0 radical (unpaired) electrons. The third-order valence-corrected chi connectivity index (χ3v) is 11.1. The quantitative estimate of drug-likeness (QED) is 0.171. The zero-order valence-electron chi connectivity index (χ0n) is 31.5. The molecule has 0 spiro atoms. The van der Waals surface area contributed by atoms with Gasteiger partial charge >= 0.3 is 0 Å². The molecular weight excluding hydrogens is 681 g/mol. The van der Waals surface area contributed by atoms with Crippen LogP contribution in [0.2, 0.25) is 0 Å². The Morgan fingerprint density at radius 1 is 0.679 bits per heavy atom. The lowest BCUT2D eigenvalue weighted by atomic mass is 9.95. The van der Waals surface area contributed by atoms with E-state index in [1.165, 1.54) is 21.8 Å². The fourth-order valence-electron chi connectivity index (χ4n) is 8.40. The van der Waals surface area contributed by atoms with Crippen molar-refractivity contribution in [3.8, 4) is 34.0 Å². The highest BCUT2D eigenvalue weighted by Crippen LogP contribution is 2.39. The van der Waals surface area contributed by atoms with Crippen molar-refractivity contribution in [1.82, 2.24) is 19.1 Å². The minimum absolute atomic E-state index is 0.497. The van der Waals surface area contributed by atoms with Crippen LogP contribution in [0.3, 0.4) is 0 Å². The number of aromatic nitrogens is 4. The minimum atomic E-state index is 0.497. The summed E-state index contributed by atoms with van der Waals surface area (Å²) in [5, 5.41) is 7.68. The van der Waals surface area contributed by atoms with Crippen molar-refractivity contribution in [1.29, 1.82) is 0 Å². The van der Waals surface area contributed by atoms with E-state index in [1.807, 2.05) is 13.0 Å². The summed E-state index contributed by atoms with van der Waals surface area (Å²) in [4.78, 5) is 10.7. The lowest BCUT2D eigenvalue weighted by molar-refractivity contribution is 0.738. The van der Waals surface area contributed by atoms with Crippen LogP contribution < -0.4 is 10.6 Å². The Bertz CT molecular complexity index is 3200. The molecule has 1 aliphatic rings. The Morgan fingerprint density at radius 3 is 2.18 bits per heavy atom. The first-order valence-electron chi connectivity index (χ1n) is 19.4. The summed E-state index contributed by atoms with van der Waals surface area (Å²) in [5.74, 6) is 1.12. The Hall–Kier alpha value is -7.04. The first-order chi connectivity index (χ1) is 27.6. The van der Waals surface area contributed by atoms with E-state index >= 15 is 0 Å². The molecule has 6 aromatic carbocycles. The van der Waals surface area contributed by atoms with Gasteiger partial charge in [0.25, 0.3) is 0 Å². The van der Waals surface area contributed by atoms with Crippen molar-refractivity contribution in [2.75, 3.05) is 0 Å². The fourth-order valence-corrected chi connectivity index (χ4v) is 8.40. The zero-order chi connectivity index (χ0) is 37.8. The van der Waals surface area contributed by atoms with E-state index in [2.05, 4.69) is 186 Å².